The minimum atomic E-state index is 0.233. The summed E-state index contributed by atoms with van der Waals surface area (Å²) in [5, 5.41) is 0.550. The van der Waals surface area contributed by atoms with Crippen molar-refractivity contribution < 1.29 is 4.74 Å². The molecule has 0 saturated carbocycles. The van der Waals surface area contributed by atoms with Gasteiger partial charge in [-0.15, -0.1) is 18.2 Å². The number of thioether (sulfide) groups is 2. The van der Waals surface area contributed by atoms with Crippen LogP contribution in [0.1, 0.15) is 52.9 Å². The Labute approximate surface area is 152 Å². The van der Waals surface area contributed by atoms with Gasteiger partial charge >= 0.3 is 0 Å². The summed E-state index contributed by atoms with van der Waals surface area (Å²) < 4.78 is 6.42. The van der Waals surface area contributed by atoms with Crippen LogP contribution in [0.3, 0.4) is 0 Å². The monoisotopic (exact) mass is 352 g/mol. The van der Waals surface area contributed by atoms with Crippen LogP contribution in [0.15, 0.2) is 23.3 Å². The summed E-state index contributed by atoms with van der Waals surface area (Å²) in [6.07, 6.45) is 15.7. The third kappa shape index (κ3) is 5.84. The van der Waals surface area contributed by atoms with Crippen LogP contribution in [0.4, 0.5) is 0 Å². The molecule has 1 rings (SSSR count). The van der Waals surface area contributed by atoms with E-state index in [1.54, 1.807) is 11.8 Å². The number of ether oxygens (including phenoxy) is 1. The first-order valence-electron chi connectivity index (χ1n) is 8.79. The summed E-state index contributed by atoms with van der Waals surface area (Å²) in [6.45, 7) is 11.0. The third-order valence-corrected chi connectivity index (χ3v) is 7.03. The molecule has 1 heterocycles. The van der Waals surface area contributed by atoms with E-state index in [4.69, 9.17) is 11.2 Å². The zero-order chi connectivity index (χ0) is 17.2. The number of hydrogen-bond acceptors (Lipinski definition) is 3. The van der Waals surface area contributed by atoms with E-state index in [-0.39, 0.29) is 12.0 Å². The zero-order valence-corrected chi connectivity index (χ0v) is 16.8. The fourth-order valence-electron chi connectivity index (χ4n) is 3.37. The zero-order valence-electron chi connectivity index (χ0n) is 15.1. The van der Waals surface area contributed by atoms with Crippen LogP contribution >= 0.6 is 23.5 Å². The van der Waals surface area contributed by atoms with Crippen LogP contribution in [0.25, 0.3) is 0 Å². The molecule has 1 aliphatic heterocycles. The summed E-state index contributed by atoms with van der Waals surface area (Å²) >= 11 is 3.78. The maximum absolute atomic E-state index is 6.42. The lowest BCUT2D eigenvalue weighted by atomic mass is 9.93. The van der Waals surface area contributed by atoms with Gasteiger partial charge in [0.15, 0.2) is 0 Å². The summed E-state index contributed by atoms with van der Waals surface area (Å²) in [4.78, 5) is 1.22. The molecule has 0 aromatic rings. The molecule has 0 aromatic carbocycles. The van der Waals surface area contributed by atoms with Gasteiger partial charge in [0, 0.05) is 10.2 Å². The van der Waals surface area contributed by atoms with Gasteiger partial charge in [0.25, 0.3) is 0 Å². The summed E-state index contributed by atoms with van der Waals surface area (Å²) in [6, 6.07) is 0. The molecule has 0 radical (unpaired) electrons. The first-order chi connectivity index (χ1) is 11.1. The van der Waals surface area contributed by atoms with Gasteiger partial charge in [0.1, 0.15) is 6.10 Å². The molecule has 3 heteroatoms. The van der Waals surface area contributed by atoms with E-state index in [0.717, 1.165) is 25.0 Å². The number of terminal acetylenes is 1. The lowest BCUT2D eigenvalue weighted by molar-refractivity contribution is 0.0451. The largest absolute Gasteiger partial charge is 0.494 e. The van der Waals surface area contributed by atoms with Crippen molar-refractivity contribution in [2.24, 2.45) is 11.8 Å². The third-order valence-electron chi connectivity index (χ3n) is 4.73. The van der Waals surface area contributed by atoms with E-state index < -0.39 is 0 Å². The van der Waals surface area contributed by atoms with Gasteiger partial charge in [0.2, 0.25) is 0 Å². The van der Waals surface area contributed by atoms with E-state index >= 15 is 0 Å². The molecule has 0 aromatic heterocycles. The van der Waals surface area contributed by atoms with Gasteiger partial charge < -0.3 is 4.74 Å². The van der Waals surface area contributed by atoms with Gasteiger partial charge in [0.05, 0.1) is 11.7 Å². The van der Waals surface area contributed by atoms with Crippen LogP contribution in [0.5, 0.6) is 0 Å². The molecule has 3 unspecified atom stereocenters. The fourth-order valence-corrected chi connectivity index (χ4v) is 5.65. The molecular weight excluding hydrogens is 320 g/mol. The number of hydrogen-bond donors (Lipinski definition) is 0. The average molecular weight is 353 g/mol. The Morgan fingerprint density at radius 3 is 2.52 bits per heavy atom. The molecule has 1 aliphatic rings. The maximum Gasteiger partial charge on any atom is 0.101 e. The Bertz CT molecular complexity index is 425. The van der Waals surface area contributed by atoms with E-state index in [1.807, 2.05) is 17.8 Å². The highest BCUT2D eigenvalue weighted by molar-refractivity contribution is 8.02. The van der Waals surface area contributed by atoms with Crippen LogP contribution in [-0.4, -0.2) is 23.4 Å². The summed E-state index contributed by atoms with van der Waals surface area (Å²) in [5.74, 6) is 5.68. The molecule has 1 fully saturated rings. The lowest BCUT2D eigenvalue weighted by Crippen LogP contribution is -2.27. The Balaban J connectivity index is 2.94. The average Bonchev–Trinajstić information content (AvgIpc) is 3.08. The molecule has 0 spiro atoms. The highest BCUT2D eigenvalue weighted by Crippen LogP contribution is 2.42. The van der Waals surface area contributed by atoms with Gasteiger partial charge in [-0.3, -0.25) is 0 Å². The highest BCUT2D eigenvalue weighted by Gasteiger charge is 2.33. The van der Waals surface area contributed by atoms with Gasteiger partial charge in [-0.1, -0.05) is 33.3 Å². The molecule has 1 saturated heterocycles. The van der Waals surface area contributed by atoms with Crippen molar-refractivity contribution in [3.8, 4) is 12.3 Å². The van der Waals surface area contributed by atoms with E-state index in [2.05, 4.69) is 39.5 Å². The van der Waals surface area contributed by atoms with Gasteiger partial charge in [-0.25, -0.2) is 0 Å². The molecule has 0 aliphatic carbocycles. The van der Waals surface area contributed by atoms with Crippen molar-refractivity contribution in [2.45, 2.75) is 64.2 Å². The summed E-state index contributed by atoms with van der Waals surface area (Å²) in [7, 11) is 0. The first-order valence-corrected chi connectivity index (χ1v) is 11.1. The van der Waals surface area contributed by atoms with Crippen molar-refractivity contribution in [1.29, 1.82) is 0 Å². The normalized spacial score (nSPS) is 21.0. The standard InChI is InChI=1S/C20H32OS2/c1-7-12-18(22-6)20(19-13-11-14-23-19)15(5)21-17(10-4)16(8-2)9-3/h1,12,16-17,19-20H,5,8-11,13-14H2,2-4,6H3/b18-12-. The van der Waals surface area contributed by atoms with Crippen molar-refractivity contribution >= 4 is 23.5 Å². The Morgan fingerprint density at radius 2 is 2.09 bits per heavy atom. The van der Waals surface area contributed by atoms with E-state index in [0.29, 0.717) is 11.2 Å². The number of rotatable bonds is 10. The predicted octanol–water partition coefficient (Wildman–Crippen LogP) is 6.12. The quantitative estimate of drug-likeness (QED) is 0.346. The van der Waals surface area contributed by atoms with Gasteiger partial charge in [-0.2, -0.15) is 11.8 Å². The maximum atomic E-state index is 6.42. The molecule has 23 heavy (non-hydrogen) atoms. The van der Waals surface area contributed by atoms with Crippen LogP contribution in [0, 0.1) is 24.2 Å². The Kier molecular flexibility index (Phi) is 9.99. The van der Waals surface area contributed by atoms with Crippen LogP contribution < -0.4 is 0 Å². The smallest absolute Gasteiger partial charge is 0.101 e. The van der Waals surface area contributed by atoms with E-state index in [9.17, 15) is 0 Å². The molecular formula is C20H32OS2. The minimum Gasteiger partial charge on any atom is -0.494 e. The number of allylic oxidation sites excluding steroid dienone is 2. The Morgan fingerprint density at radius 1 is 1.39 bits per heavy atom. The van der Waals surface area contributed by atoms with Crippen molar-refractivity contribution in [3.05, 3.63) is 23.3 Å². The van der Waals surface area contributed by atoms with Crippen molar-refractivity contribution in [1.82, 2.24) is 0 Å². The molecule has 0 N–H and O–H groups in total. The highest BCUT2D eigenvalue weighted by atomic mass is 32.2. The Hall–Kier alpha value is -0.460. The summed E-state index contributed by atoms with van der Waals surface area (Å²) in [5.41, 5.74) is 0. The van der Waals surface area contributed by atoms with Gasteiger partial charge in [-0.05, 0) is 56.1 Å². The van der Waals surface area contributed by atoms with E-state index in [1.165, 1.54) is 23.5 Å². The molecule has 0 bridgehead atoms. The molecule has 1 nitrogen and oxygen atoms in total. The molecule has 0 amide bonds. The topological polar surface area (TPSA) is 9.23 Å². The second-order valence-corrected chi connectivity index (χ2v) is 8.28. The van der Waals surface area contributed by atoms with Crippen molar-refractivity contribution in [2.75, 3.05) is 12.0 Å². The SMILES string of the molecule is C#C/C=C(\SC)C(C(=C)OC(CC)C(CC)CC)C1CCCS1. The van der Waals surface area contributed by atoms with Crippen LogP contribution in [-0.2, 0) is 4.74 Å². The predicted molar refractivity (Wildman–Crippen MR) is 108 cm³/mol. The van der Waals surface area contributed by atoms with Crippen molar-refractivity contribution in [3.63, 3.8) is 0 Å². The fraction of sp³-hybridized carbons (Fsp3) is 0.700. The minimum absolute atomic E-state index is 0.233. The second-order valence-electron chi connectivity index (χ2n) is 6.05. The first kappa shape index (κ1) is 20.6. The molecule has 3 atom stereocenters. The molecule has 130 valence electrons. The van der Waals surface area contributed by atoms with Crippen LogP contribution in [0.2, 0.25) is 0 Å². The lowest BCUT2D eigenvalue weighted by Gasteiger charge is -2.32. The second kappa shape index (κ2) is 11.2.